The first-order chi connectivity index (χ1) is 9.24. The van der Waals surface area contributed by atoms with E-state index in [1.165, 1.54) is 0 Å². The van der Waals surface area contributed by atoms with Crippen molar-refractivity contribution in [3.63, 3.8) is 0 Å². The minimum Gasteiger partial charge on any atom is -0.397 e. The fourth-order valence-electron chi connectivity index (χ4n) is 1.92. The summed E-state index contributed by atoms with van der Waals surface area (Å²) in [5.41, 5.74) is 7.01. The summed E-state index contributed by atoms with van der Waals surface area (Å²) >= 11 is 7.61. The van der Waals surface area contributed by atoms with Crippen LogP contribution in [0.25, 0.3) is 10.8 Å². The molecule has 0 fully saturated rings. The van der Waals surface area contributed by atoms with Crippen molar-refractivity contribution in [1.82, 2.24) is 4.98 Å². The van der Waals surface area contributed by atoms with Crippen LogP contribution < -0.4 is 5.73 Å². The fourth-order valence-corrected chi connectivity index (χ4v) is 3.12. The van der Waals surface area contributed by atoms with E-state index < -0.39 is 0 Å². The van der Waals surface area contributed by atoms with Crippen LogP contribution in [0.15, 0.2) is 64.6 Å². The molecule has 0 radical (unpaired) electrons. The van der Waals surface area contributed by atoms with E-state index in [2.05, 4.69) is 4.98 Å². The average molecular weight is 287 g/mol. The number of nitrogens with zero attached hydrogens (tertiary/aromatic N) is 1. The third kappa shape index (κ3) is 2.53. The normalized spacial score (nSPS) is 10.8. The summed E-state index contributed by atoms with van der Waals surface area (Å²) in [6, 6.07) is 13.7. The maximum atomic E-state index is 6.22. The van der Waals surface area contributed by atoms with Gasteiger partial charge in [0, 0.05) is 38.0 Å². The molecule has 0 saturated carbocycles. The van der Waals surface area contributed by atoms with Crippen molar-refractivity contribution in [3.05, 3.63) is 59.9 Å². The Bertz CT molecular complexity index is 743. The molecule has 0 unspecified atom stereocenters. The number of benzene rings is 2. The monoisotopic (exact) mass is 286 g/mol. The van der Waals surface area contributed by atoms with Gasteiger partial charge in [0.2, 0.25) is 0 Å². The number of anilines is 1. The number of fused-ring (bicyclic) bond motifs is 1. The third-order valence-corrected chi connectivity index (χ3v) is 4.15. The van der Waals surface area contributed by atoms with Gasteiger partial charge >= 0.3 is 0 Å². The van der Waals surface area contributed by atoms with Crippen molar-refractivity contribution in [2.24, 2.45) is 0 Å². The minimum absolute atomic E-state index is 0.730. The van der Waals surface area contributed by atoms with Crippen molar-refractivity contribution < 1.29 is 0 Å². The van der Waals surface area contributed by atoms with Crippen LogP contribution in [-0.2, 0) is 0 Å². The number of rotatable bonds is 2. The van der Waals surface area contributed by atoms with E-state index in [0.717, 1.165) is 31.3 Å². The van der Waals surface area contributed by atoms with Gasteiger partial charge in [-0.2, -0.15) is 0 Å². The summed E-state index contributed by atoms with van der Waals surface area (Å²) in [4.78, 5) is 6.20. The van der Waals surface area contributed by atoms with Crippen LogP contribution in [0.1, 0.15) is 0 Å². The molecule has 0 amide bonds. The highest BCUT2D eigenvalue weighted by atomic mass is 35.5. The Labute approximate surface area is 120 Å². The van der Waals surface area contributed by atoms with Crippen LogP contribution in [0.5, 0.6) is 0 Å². The molecule has 1 heterocycles. The number of nitrogens with two attached hydrogens (primary N) is 1. The van der Waals surface area contributed by atoms with Crippen LogP contribution in [0.3, 0.4) is 0 Å². The number of halogens is 1. The summed E-state index contributed by atoms with van der Waals surface area (Å²) in [6.07, 6.45) is 3.58. The molecule has 2 aromatic carbocycles. The van der Waals surface area contributed by atoms with E-state index in [1.807, 2.05) is 48.7 Å². The van der Waals surface area contributed by atoms with Gasteiger partial charge in [0.15, 0.2) is 0 Å². The van der Waals surface area contributed by atoms with E-state index in [4.69, 9.17) is 17.3 Å². The van der Waals surface area contributed by atoms with Crippen LogP contribution in [0.2, 0.25) is 5.02 Å². The molecule has 2 N–H and O–H groups in total. The highest BCUT2D eigenvalue weighted by Gasteiger charge is 2.06. The first kappa shape index (κ1) is 12.3. The average Bonchev–Trinajstić information content (AvgIpc) is 2.42. The van der Waals surface area contributed by atoms with Crippen molar-refractivity contribution in [1.29, 1.82) is 0 Å². The quantitative estimate of drug-likeness (QED) is 0.699. The van der Waals surface area contributed by atoms with Crippen LogP contribution in [-0.4, -0.2) is 4.98 Å². The Balaban J connectivity index is 2.04. The smallest absolute Gasteiger partial charge is 0.0536 e. The maximum Gasteiger partial charge on any atom is 0.0536 e. The molecule has 1 aromatic heterocycles. The lowest BCUT2D eigenvalue weighted by Gasteiger charge is -2.08. The van der Waals surface area contributed by atoms with Gasteiger partial charge in [0.1, 0.15) is 0 Å². The molecule has 0 saturated heterocycles. The zero-order valence-corrected chi connectivity index (χ0v) is 11.6. The predicted molar refractivity (Wildman–Crippen MR) is 81.7 cm³/mol. The summed E-state index contributed by atoms with van der Waals surface area (Å²) in [7, 11) is 0. The van der Waals surface area contributed by atoms with E-state index in [9.17, 15) is 0 Å². The number of hydrogen-bond donors (Lipinski definition) is 1. The number of nitrogen functional groups attached to an aromatic ring is 1. The van der Waals surface area contributed by atoms with Gasteiger partial charge in [-0.15, -0.1) is 0 Å². The molecule has 0 bridgehead atoms. The van der Waals surface area contributed by atoms with Gasteiger partial charge in [0.25, 0.3) is 0 Å². The molecule has 0 spiro atoms. The van der Waals surface area contributed by atoms with E-state index in [1.54, 1.807) is 18.0 Å². The molecule has 2 nitrogen and oxygen atoms in total. The van der Waals surface area contributed by atoms with Gasteiger partial charge < -0.3 is 5.73 Å². The Morgan fingerprint density at radius 1 is 1.11 bits per heavy atom. The summed E-state index contributed by atoms with van der Waals surface area (Å²) in [6.45, 7) is 0. The summed E-state index contributed by atoms with van der Waals surface area (Å²) in [5, 5.41) is 2.81. The maximum absolute atomic E-state index is 6.22. The third-order valence-electron chi connectivity index (χ3n) is 2.85. The van der Waals surface area contributed by atoms with Gasteiger partial charge in [-0.25, -0.2) is 0 Å². The molecular formula is C15H11ClN2S. The van der Waals surface area contributed by atoms with Gasteiger partial charge in [-0.1, -0.05) is 35.5 Å². The van der Waals surface area contributed by atoms with Crippen LogP contribution in [0.4, 0.5) is 5.69 Å². The molecule has 3 aromatic rings. The predicted octanol–water partition coefficient (Wildman–Crippen LogP) is 4.62. The van der Waals surface area contributed by atoms with E-state index in [-0.39, 0.29) is 0 Å². The van der Waals surface area contributed by atoms with Gasteiger partial charge in [-0.05, 0) is 30.3 Å². The lowest BCUT2D eigenvalue weighted by Crippen LogP contribution is -1.91. The minimum atomic E-state index is 0.730. The zero-order valence-electron chi connectivity index (χ0n) is 10.0. The second-order valence-electron chi connectivity index (χ2n) is 4.13. The van der Waals surface area contributed by atoms with Gasteiger partial charge in [-0.3, -0.25) is 4.98 Å². The molecule has 19 heavy (non-hydrogen) atoms. The summed E-state index contributed by atoms with van der Waals surface area (Å²) in [5.74, 6) is 0. The summed E-state index contributed by atoms with van der Waals surface area (Å²) < 4.78 is 0. The lowest BCUT2D eigenvalue weighted by atomic mass is 10.1. The molecule has 4 heteroatoms. The Morgan fingerprint density at radius 3 is 2.84 bits per heavy atom. The molecule has 3 rings (SSSR count). The molecule has 94 valence electrons. The van der Waals surface area contributed by atoms with Crippen LogP contribution >= 0.6 is 23.4 Å². The molecule has 0 aliphatic carbocycles. The highest BCUT2D eigenvalue weighted by Crippen LogP contribution is 2.36. The first-order valence-corrected chi connectivity index (χ1v) is 6.99. The Morgan fingerprint density at radius 2 is 2.00 bits per heavy atom. The number of aromatic nitrogens is 1. The topological polar surface area (TPSA) is 38.9 Å². The molecule has 0 aliphatic rings. The number of hydrogen-bond acceptors (Lipinski definition) is 3. The van der Waals surface area contributed by atoms with Crippen molar-refractivity contribution in [3.8, 4) is 0 Å². The number of pyridine rings is 1. The largest absolute Gasteiger partial charge is 0.397 e. The highest BCUT2D eigenvalue weighted by molar-refractivity contribution is 7.99. The van der Waals surface area contributed by atoms with E-state index in [0.29, 0.717) is 0 Å². The molecule has 0 aliphatic heterocycles. The van der Waals surface area contributed by atoms with Crippen molar-refractivity contribution >= 4 is 39.8 Å². The SMILES string of the molecule is Nc1c(Sc2cccc(Cl)c2)ccc2cnccc12. The second-order valence-corrected chi connectivity index (χ2v) is 5.69. The molecular weight excluding hydrogens is 276 g/mol. The first-order valence-electron chi connectivity index (χ1n) is 5.80. The van der Waals surface area contributed by atoms with Gasteiger partial charge in [0.05, 0.1) is 5.69 Å². The van der Waals surface area contributed by atoms with Crippen LogP contribution in [0, 0.1) is 0 Å². The van der Waals surface area contributed by atoms with Crippen molar-refractivity contribution in [2.45, 2.75) is 9.79 Å². The van der Waals surface area contributed by atoms with Crippen molar-refractivity contribution in [2.75, 3.05) is 5.73 Å². The van der Waals surface area contributed by atoms with E-state index >= 15 is 0 Å². The standard InChI is InChI=1S/C15H11ClN2S/c16-11-2-1-3-12(8-11)19-14-5-4-10-9-18-7-6-13(10)15(14)17/h1-9H,17H2. The zero-order chi connectivity index (χ0) is 13.2. The Hall–Kier alpha value is -1.71. The molecule has 0 atom stereocenters. The fraction of sp³-hybridized carbons (Fsp3) is 0. The lowest BCUT2D eigenvalue weighted by molar-refractivity contribution is 1.35. The second kappa shape index (κ2) is 5.11. The Kier molecular flexibility index (Phi) is 3.32.